The Morgan fingerprint density at radius 3 is 2.64 bits per heavy atom. The van der Waals surface area contributed by atoms with Crippen molar-refractivity contribution in [1.29, 1.82) is 0 Å². The number of carbonyl (C=O) groups is 1. The topological polar surface area (TPSA) is 76.4 Å². The first-order valence-electron chi connectivity index (χ1n) is 9.50. The molecule has 1 aliphatic carbocycles. The molecule has 25 heavy (non-hydrogen) atoms. The van der Waals surface area contributed by atoms with E-state index in [-0.39, 0.29) is 18.2 Å². The van der Waals surface area contributed by atoms with Crippen molar-refractivity contribution < 1.29 is 9.53 Å². The van der Waals surface area contributed by atoms with Crippen LogP contribution in [-0.2, 0) is 11.3 Å². The largest absolute Gasteiger partial charge is 0.445 e. The SMILES string of the molecule is CC(C)CC(CNC1CCCCC1N)NC(=O)OCc1ccccc1. The molecule has 1 aromatic rings. The van der Waals surface area contributed by atoms with Crippen LogP contribution in [0, 0.1) is 5.92 Å². The molecule has 0 bridgehead atoms. The summed E-state index contributed by atoms with van der Waals surface area (Å²) in [6.45, 7) is 5.35. The fourth-order valence-electron chi connectivity index (χ4n) is 3.40. The quantitative estimate of drug-likeness (QED) is 0.675. The molecular weight excluding hydrogens is 314 g/mol. The zero-order valence-electron chi connectivity index (χ0n) is 15.5. The Balaban J connectivity index is 1.78. The van der Waals surface area contributed by atoms with Gasteiger partial charge in [-0.2, -0.15) is 0 Å². The minimum atomic E-state index is -0.357. The maximum atomic E-state index is 12.1. The van der Waals surface area contributed by atoms with Crippen molar-refractivity contribution in [2.75, 3.05) is 6.54 Å². The van der Waals surface area contributed by atoms with Crippen LogP contribution < -0.4 is 16.4 Å². The molecule has 5 nitrogen and oxygen atoms in total. The van der Waals surface area contributed by atoms with Crippen molar-refractivity contribution in [1.82, 2.24) is 10.6 Å². The van der Waals surface area contributed by atoms with E-state index in [1.165, 1.54) is 12.8 Å². The molecule has 1 aliphatic rings. The Morgan fingerprint density at radius 1 is 1.24 bits per heavy atom. The van der Waals surface area contributed by atoms with Gasteiger partial charge in [-0.25, -0.2) is 4.79 Å². The van der Waals surface area contributed by atoms with Crippen molar-refractivity contribution in [2.24, 2.45) is 11.7 Å². The van der Waals surface area contributed by atoms with Gasteiger partial charge in [-0.05, 0) is 30.7 Å². The first-order chi connectivity index (χ1) is 12.0. The average molecular weight is 348 g/mol. The van der Waals surface area contributed by atoms with Crippen LogP contribution in [0.3, 0.4) is 0 Å². The highest BCUT2D eigenvalue weighted by molar-refractivity contribution is 5.67. The Kier molecular flexibility index (Phi) is 8.22. The number of nitrogens with one attached hydrogen (secondary N) is 2. The summed E-state index contributed by atoms with van der Waals surface area (Å²) >= 11 is 0. The van der Waals surface area contributed by atoms with Crippen molar-refractivity contribution in [3.8, 4) is 0 Å². The summed E-state index contributed by atoms with van der Waals surface area (Å²) in [6.07, 6.45) is 5.21. The molecule has 5 heteroatoms. The monoisotopic (exact) mass is 347 g/mol. The van der Waals surface area contributed by atoms with E-state index in [0.29, 0.717) is 18.6 Å². The average Bonchev–Trinajstić information content (AvgIpc) is 2.59. The second-order valence-electron chi connectivity index (χ2n) is 7.50. The number of rotatable bonds is 8. The maximum Gasteiger partial charge on any atom is 0.407 e. The Bertz CT molecular complexity index is 507. The molecule has 3 unspecified atom stereocenters. The number of hydrogen-bond donors (Lipinski definition) is 3. The number of nitrogens with two attached hydrogens (primary N) is 1. The Labute approximate surface area is 151 Å². The summed E-state index contributed by atoms with van der Waals surface area (Å²) in [7, 11) is 0. The molecule has 0 aromatic heterocycles. The lowest BCUT2D eigenvalue weighted by Crippen LogP contribution is -2.52. The van der Waals surface area contributed by atoms with E-state index < -0.39 is 0 Å². The van der Waals surface area contributed by atoms with Gasteiger partial charge in [0.15, 0.2) is 0 Å². The van der Waals surface area contributed by atoms with Gasteiger partial charge in [0.1, 0.15) is 6.61 Å². The summed E-state index contributed by atoms with van der Waals surface area (Å²) in [5.74, 6) is 0.501. The van der Waals surface area contributed by atoms with E-state index in [1.54, 1.807) is 0 Å². The first kappa shape index (κ1) is 19.7. The minimum absolute atomic E-state index is 0.0531. The molecular formula is C20H33N3O2. The molecule has 0 heterocycles. The summed E-state index contributed by atoms with van der Waals surface area (Å²) < 4.78 is 5.35. The highest BCUT2D eigenvalue weighted by Gasteiger charge is 2.23. The van der Waals surface area contributed by atoms with Crippen molar-refractivity contribution in [3.63, 3.8) is 0 Å². The standard InChI is InChI=1S/C20H33N3O2/c1-15(2)12-17(13-22-19-11-7-6-10-18(19)21)23-20(24)25-14-16-8-4-3-5-9-16/h3-5,8-9,15,17-19,22H,6-7,10-14,21H2,1-2H3,(H,23,24). The third kappa shape index (κ3) is 7.45. The van der Waals surface area contributed by atoms with Gasteiger partial charge >= 0.3 is 6.09 Å². The van der Waals surface area contributed by atoms with Gasteiger partial charge < -0.3 is 21.1 Å². The summed E-state index contributed by atoms with van der Waals surface area (Å²) in [6, 6.07) is 10.4. The predicted molar refractivity (Wildman–Crippen MR) is 101 cm³/mol. The maximum absolute atomic E-state index is 12.1. The molecule has 0 saturated heterocycles. The van der Waals surface area contributed by atoms with Crippen LogP contribution in [-0.4, -0.2) is 30.8 Å². The Morgan fingerprint density at radius 2 is 1.96 bits per heavy atom. The van der Waals surface area contributed by atoms with E-state index in [0.717, 1.165) is 31.4 Å². The molecule has 1 saturated carbocycles. The normalized spacial score (nSPS) is 21.8. The van der Waals surface area contributed by atoms with Crippen LogP contribution in [0.4, 0.5) is 4.79 Å². The van der Waals surface area contributed by atoms with Crippen molar-refractivity contribution in [3.05, 3.63) is 35.9 Å². The second kappa shape index (κ2) is 10.4. The third-order valence-electron chi connectivity index (χ3n) is 4.74. The van der Waals surface area contributed by atoms with Gasteiger partial charge in [-0.3, -0.25) is 0 Å². The van der Waals surface area contributed by atoms with E-state index in [2.05, 4.69) is 24.5 Å². The smallest absolute Gasteiger partial charge is 0.407 e. The van der Waals surface area contributed by atoms with E-state index in [1.807, 2.05) is 30.3 Å². The summed E-state index contributed by atoms with van der Waals surface area (Å²) in [5.41, 5.74) is 7.20. The molecule has 0 aliphatic heterocycles. The van der Waals surface area contributed by atoms with Gasteiger partial charge in [-0.15, -0.1) is 0 Å². The van der Waals surface area contributed by atoms with Crippen LogP contribution in [0.1, 0.15) is 51.5 Å². The first-order valence-corrected chi connectivity index (χ1v) is 9.50. The molecule has 2 rings (SSSR count). The van der Waals surface area contributed by atoms with Crippen LogP contribution in [0.2, 0.25) is 0 Å². The number of alkyl carbamates (subject to hydrolysis) is 1. The molecule has 1 aromatic carbocycles. The number of carbonyl (C=O) groups excluding carboxylic acids is 1. The molecule has 0 radical (unpaired) electrons. The molecule has 0 spiro atoms. The summed E-state index contributed by atoms with van der Waals surface area (Å²) in [4.78, 5) is 12.1. The lowest BCUT2D eigenvalue weighted by molar-refractivity contribution is 0.133. The molecule has 3 atom stereocenters. The lowest BCUT2D eigenvalue weighted by Gasteiger charge is -2.31. The lowest BCUT2D eigenvalue weighted by atomic mass is 9.90. The van der Waals surface area contributed by atoms with Crippen LogP contribution in [0.5, 0.6) is 0 Å². The minimum Gasteiger partial charge on any atom is -0.445 e. The fraction of sp³-hybridized carbons (Fsp3) is 0.650. The molecule has 1 fully saturated rings. The van der Waals surface area contributed by atoms with E-state index >= 15 is 0 Å². The number of amides is 1. The highest BCUT2D eigenvalue weighted by atomic mass is 16.5. The van der Waals surface area contributed by atoms with Crippen LogP contribution in [0.15, 0.2) is 30.3 Å². The second-order valence-corrected chi connectivity index (χ2v) is 7.50. The number of hydrogen-bond acceptors (Lipinski definition) is 4. The predicted octanol–water partition coefficient (Wildman–Crippen LogP) is 3.19. The van der Waals surface area contributed by atoms with Crippen LogP contribution >= 0.6 is 0 Å². The number of benzene rings is 1. The molecule has 140 valence electrons. The third-order valence-corrected chi connectivity index (χ3v) is 4.74. The van der Waals surface area contributed by atoms with Crippen molar-refractivity contribution in [2.45, 2.75) is 70.7 Å². The fourth-order valence-corrected chi connectivity index (χ4v) is 3.40. The molecule has 4 N–H and O–H groups in total. The van der Waals surface area contributed by atoms with Gasteiger partial charge in [-0.1, -0.05) is 57.0 Å². The highest BCUT2D eigenvalue weighted by Crippen LogP contribution is 2.17. The van der Waals surface area contributed by atoms with E-state index in [4.69, 9.17) is 10.5 Å². The van der Waals surface area contributed by atoms with Crippen LogP contribution in [0.25, 0.3) is 0 Å². The summed E-state index contributed by atoms with van der Waals surface area (Å²) in [5, 5.41) is 6.57. The van der Waals surface area contributed by atoms with E-state index in [9.17, 15) is 4.79 Å². The van der Waals surface area contributed by atoms with Gasteiger partial charge in [0.2, 0.25) is 0 Å². The van der Waals surface area contributed by atoms with Gasteiger partial charge in [0, 0.05) is 24.7 Å². The Hall–Kier alpha value is -1.59. The molecule has 1 amide bonds. The van der Waals surface area contributed by atoms with Gasteiger partial charge in [0.25, 0.3) is 0 Å². The number of ether oxygens (including phenoxy) is 1. The van der Waals surface area contributed by atoms with Crippen molar-refractivity contribution >= 4 is 6.09 Å². The zero-order chi connectivity index (χ0) is 18.1. The zero-order valence-corrected chi connectivity index (χ0v) is 15.5. The van der Waals surface area contributed by atoms with Gasteiger partial charge in [0.05, 0.1) is 0 Å².